The fourth-order valence-corrected chi connectivity index (χ4v) is 2.39. The van der Waals surface area contributed by atoms with Crippen LogP contribution in [0.15, 0.2) is 67.0 Å². The Kier molecular flexibility index (Phi) is 5.78. The van der Waals surface area contributed by atoms with E-state index < -0.39 is 4.92 Å². The summed E-state index contributed by atoms with van der Waals surface area (Å²) in [5.41, 5.74) is 1.84. The molecule has 8 heteroatoms. The first-order valence-electron chi connectivity index (χ1n) is 8.35. The summed E-state index contributed by atoms with van der Waals surface area (Å²) in [7, 11) is 0. The molecule has 0 radical (unpaired) electrons. The maximum absolute atomic E-state index is 11.9. The van der Waals surface area contributed by atoms with Gasteiger partial charge < -0.3 is 10.1 Å². The van der Waals surface area contributed by atoms with Gasteiger partial charge in [0, 0.05) is 30.4 Å². The van der Waals surface area contributed by atoms with Crippen LogP contribution in [-0.2, 0) is 11.3 Å². The number of para-hydroxylation sites is 1. The van der Waals surface area contributed by atoms with Crippen molar-refractivity contribution in [3.8, 4) is 11.4 Å². The Morgan fingerprint density at radius 3 is 2.59 bits per heavy atom. The van der Waals surface area contributed by atoms with E-state index in [1.54, 1.807) is 10.9 Å². The van der Waals surface area contributed by atoms with Crippen LogP contribution in [0.5, 0.6) is 5.75 Å². The van der Waals surface area contributed by atoms with Gasteiger partial charge in [-0.15, -0.1) is 0 Å². The molecule has 0 saturated carbocycles. The summed E-state index contributed by atoms with van der Waals surface area (Å²) < 4.78 is 7.17. The van der Waals surface area contributed by atoms with Crippen molar-refractivity contribution in [3.05, 3.63) is 82.7 Å². The number of nitrogens with zero attached hydrogens (tertiary/aromatic N) is 3. The number of hydrogen-bond acceptors (Lipinski definition) is 5. The van der Waals surface area contributed by atoms with E-state index in [0.717, 1.165) is 11.3 Å². The molecule has 0 unspecified atom stereocenters. The maximum atomic E-state index is 11.9. The highest BCUT2D eigenvalue weighted by Crippen LogP contribution is 2.17. The standard InChI is InChI=1S/C19H18N4O4/c24-19(10-11-27-18-8-6-17(7-9-18)23(25)26)20-12-15-13-21-22(14-15)16-4-2-1-3-5-16/h1-9,13-14H,10-12H2,(H,20,24). The first kappa shape index (κ1) is 18.1. The first-order valence-corrected chi connectivity index (χ1v) is 8.35. The SMILES string of the molecule is O=C(CCOc1ccc([N+](=O)[O-])cc1)NCc1cnn(-c2ccccc2)c1. The third kappa shape index (κ3) is 5.15. The molecule has 1 amide bonds. The Morgan fingerprint density at radius 2 is 1.89 bits per heavy atom. The average molecular weight is 366 g/mol. The number of non-ortho nitro benzene ring substituents is 1. The van der Waals surface area contributed by atoms with Gasteiger partial charge in [0.15, 0.2) is 0 Å². The van der Waals surface area contributed by atoms with E-state index in [0.29, 0.717) is 12.3 Å². The predicted octanol–water partition coefficient (Wildman–Crippen LogP) is 2.87. The molecule has 138 valence electrons. The van der Waals surface area contributed by atoms with Gasteiger partial charge in [0.1, 0.15) is 5.75 Å². The van der Waals surface area contributed by atoms with Gasteiger partial charge in [0.25, 0.3) is 5.69 Å². The molecule has 3 rings (SSSR count). The fourth-order valence-electron chi connectivity index (χ4n) is 2.39. The van der Waals surface area contributed by atoms with Gasteiger partial charge in [-0.3, -0.25) is 14.9 Å². The average Bonchev–Trinajstić information content (AvgIpc) is 3.16. The van der Waals surface area contributed by atoms with Gasteiger partial charge in [0.2, 0.25) is 5.91 Å². The Labute approximate surface area is 155 Å². The molecule has 0 spiro atoms. The lowest BCUT2D eigenvalue weighted by molar-refractivity contribution is -0.384. The Balaban J connectivity index is 1.41. The maximum Gasteiger partial charge on any atom is 0.269 e. The number of aromatic nitrogens is 2. The molecule has 0 aliphatic rings. The molecule has 0 saturated heterocycles. The molecule has 1 heterocycles. The highest BCUT2D eigenvalue weighted by atomic mass is 16.6. The molecule has 8 nitrogen and oxygen atoms in total. The van der Waals surface area contributed by atoms with Crippen LogP contribution in [0.25, 0.3) is 5.69 Å². The number of rotatable bonds is 8. The zero-order valence-electron chi connectivity index (χ0n) is 14.4. The molecular formula is C19H18N4O4. The largest absolute Gasteiger partial charge is 0.493 e. The number of carbonyl (C=O) groups excluding carboxylic acids is 1. The van der Waals surface area contributed by atoms with Crippen molar-refractivity contribution in [1.29, 1.82) is 0 Å². The fraction of sp³-hybridized carbons (Fsp3) is 0.158. The molecule has 1 N–H and O–H groups in total. The van der Waals surface area contributed by atoms with Crippen molar-refractivity contribution in [2.75, 3.05) is 6.61 Å². The second kappa shape index (κ2) is 8.61. The lowest BCUT2D eigenvalue weighted by atomic mass is 10.3. The Hall–Kier alpha value is -3.68. The molecule has 0 atom stereocenters. The predicted molar refractivity (Wildman–Crippen MR) is 98.6 cm³/mol. The highest BCUT2D eigenvalue weighted by Gasteiger charge is 2.07. The zero-order chi connectivity index (χ0) is 19.1. The molecule has 0 aliphatic carbocycles. The van der Waals surface area contributed by atoms with Crippen LogP contribution in [0.4, 0.5) is 5.69 Å². The van der Waals surface area contributed by atoms with Crippen LogP contribution in [0, 0.1) is 10.1 Å². The first-order chi connectivity index (χ1) is 13.1. The number of benzene rings is 2. The summed E-state index contributed by atoms with van der Waals surface area (Å²) in [5, 5.41) is 17.7. The van der Waals surface area contributed by atoms with Gasteiger partial charge in [-0.05, 0) is 24.3 Å². The molecule has 2 aromatic carbocycles. The lowest BCUT2D eigenvalue weighted by Crippen LogP contribution is -2.24. The molecule has 0 aliphatic heterocycles. The minimum Gasteiger partial charge on any atom is -0.493 e. The normalized spacial score (nSPS) is 10.4. The van der Waals surface area contributed by atoms with Crippen molar-refractivity contribution in [2.24, 2.45) is 0 Å². The van der Waals surface area contributed by atoms with Gasteiger partial charge in [-0.1, -0.05) is 18.2 Å². The van der Waals surface area contributed by atoms with Gasteiger partial charge in [-0.2, -0.15) is 5.10 Å². The van der Waals surface area contributed by atoms with Crippen LogP contribution in [0.1, 0.15) is 12.0 Å². The van der Waals surface area contributed by atoms with E-state index in [-0.39, 0.29) is 24.6 Å². The second-order valence-corrected chi connectivity index (χ2v) is 5.75. The number of nitrogens with one attached hydrogen (secondary N) is 1. The van der Waals surface area contributed by atoms with E-state index in [1.807, 2.05) is 36.5 Å². The van der Waals surface area contributed by atoms with Crippen LogP contribution in [0.2, 0.25) is 0 Å². The smallest absolute Gasteiger partial charge is 0.269 e. The number of nitro groups is 1. The van der Waals surface area contributed by atoms with Crippen molar-refractivity contribution in [2.45, 2.75) is 13.0 Å². The van der Waals surface area contributed by atoms with Crippen LogP contribution in [0.3, 0.4) is 0 Å². The summed E-state index contributed by atoms with van der Waals surface area (Å²) in [6, 6.07) is 15.4. The van der Waals surface area contributed by atoms with Crippen molar-refractivity contribution < 1.29 is 14.5 Å². The van der Waals surface area contributed by atoms with E-state index in [9.17, 15) is 14.9 Å². The zero-order valence-corrected chi connectivity index (χ0v) is 14.4. The second-order valence-electron chi connectivity index (χ2n) is 5.75. The Morgan fingerprint density at radius 1 is 1.15 bits per heavy atom. The molecule has 0 bridgehead atoms. The molecule has 3 aromatic rings. The number of amides is 1. The van der Waals surface area contributed by atoms with Crippen molar-refractivity contribution in [1.82, 2.24) is 15.1 Å². The molecule has 0 fully saturated rings. The monoisotopic (exact) mass is 366 g/mol. The van der Waals surface area contributed by atoms with Gasteiger partial charge in [-0.25, -0.2) is 4.68 Å². The van der Waals surface area contributed by atoms with Crippen LogP contribution in [-0.4, -0.2) is 27.2 Å². The molecule has 1 aromatic heterocycles. The van der Waals surface area contributed by atoms with E-state index in [2.05, 4.69) is 10.4 Å². The van der Waals surface area contributed by atoms with Gasteiger partial charge in [0.05, 0.1) is 29.8 Å². The van der Waals surface area contributed by atoms with E-state index in [1.165, 1.54) is 24.3 Å². The van der Waals surface area contributed by atoms with Crippen molar-refractivity contribution in [3.63, 3.8) is 0 Å². The quantitative estimate of drug-likeness (QED) is 0.488. The van der Waals surface area contributed by atoms with Crippen molar-refractivity contribution >= 4 is 11.6 Å². The summed E-state index contributed by atoms with van der Waals surface area (Å²) in [6.45, 7) is 0.566. The number of nitro benzene ring substituents is 1. The van der Waals surface area contributed by atoms with Gasteiger partial charge >= 0.3 is 0 Å². The lowest BCUT2D eigenvalue weighted by Gasteiger charge is -2.06. The summed E-state index contributed by atoms with van der Waals surface area (Å²) in [5.74, 6) is 0.335. The van der Waals surface area contributed by atoms with E-state index >= 15 is 0 Å². The molecule has 27 heavy (non-hydrogen) atoms. The third-order valence-electron chi connectivity index (χ3n) is 3.79. The Bertz CT molecular complexity index is 907. The summed E-state index contributed by atoms with van der Waals surface area (Å²) >= 11 is 0. The minimum absolute atomic E-state index is 0.00357. The number of hydrogen-bond donors (Lipinski definition) is 1. The summed E-state index contributed by atoms with van der Waals surface area (Å²) in [4.78, 5) is 22.0. The number of carbonyl (C=O) groups is 1. The van der Waals surface area contributed by atoms with E-state index in [4.69, 9.17) is 4.74 Å². The van der Waals surface area contributed by atoms with Crippen LogP contribution >= 0.6 is 0 Å². The third-order valence-corrected chi connectivity index (χ3v) is 3.79. The molecular weight excluding hydrogens is 348 g/mol. The summed E-state index contributed by atoms with van der Waals surface area (Å²) in [6.07, 6.45) is 3.76. The van der Waals surface area contributed by atoms with Crippen LogP contribution < -0.4 is 10.1 Å². The minimum atomic E-state index is -0.475. The highest BCUT2D eigenvalue weighted by molar-refractivity contribution is 5.75. The number of ether oxygens (including phenoxy) is 1. The topological polar surface area (TPSA) is 99.3 Å².